The number of urea groups is 1. The highest BCUT2D eigenvalue weighted by Gasteiger charge is 2.44. The van der Waals surface area contributed by atoms with Gasteiger partial charge >= 0.3 is 6.03 Å². The summed E-state index contributed by atoms with van der Waals surface area (Å²) in [6, 6.07) is 11.3. The van der Waals surface area contributed by atoms with Gasteiger partial charge in [-0.15, -0.1) is 0 Å². The Hall–Kier alpha value is -4.20. The topological polar surface area (TPSA) is 115 Å². The number of halogens is 3. The number of anilines is 2. The van der Waals surface area contributed by atoms with Crippen molar-refractivity contribution in [3.63, 3.8) is 0 Å². The van der Waals surface area contributed by atoms with Crippen LogP contribution in [0.3, 0.4) is 0 Å². The van der Waals surface area contributed by atoms with Gasteiger partial charge in [0.15, 0.2) is 0 Å². The molecule has 0 unspecified atom stereocenters. The highest BCUT2D eigenvalue weighted by atomic mass is 35.5. The number of fused-ring (bicyclic) bond motifs is 2. The molecule has 198 valence electrons. The lowest BCUT2D eigenvalue weighted by atomic mass is 9.96. The van der Waals surface area contributed by atoms with Gasteiger partial charge in [-0.3, -0.25) is 9.69 Å². The van der Waals surface area contributed by atoms with Crippen molar-refractivity contribution in [3.05, 3.63) is 87.4 Å². The highest BCUT2D eigenvalue weighted by Crippen LogP contribution is 2.46. The monoisotopic (exact) mass is 550 g/mol. The minimum atomic E-state index is -1.08. The van der Waals surface area contributed by atoms with Crippen molar-refractivity contribution in [2.45, 2.75) is 25.0 Å². The standard InChI is InChI=1S/C28H21ClF2N4O4/c29-20-3-1-14(30)7-17(20)25-24-19(26(37)34-25)9-16(39-13-28(12-32)5-6-28)10-21(24)33-27(38)35-11-23(36)18-8-15(31)2-4-22(18)35/h1-4,7-10,23,25,36H,5-6,11,13H2,(H,33,38)(H,34,37)/t23-,25-/m0/s1. The SMILES string of the molecule is N#CC1(COc2cc(NC(=O)N3C[C@H](O)c4cc(F)ccc43)c3c(c2)C(=O)N[C@H]3c2cc(F)ccc2Cl)CC1. The quantitative estimate of drug-likeness (QED) is 0.403. The zero-order valence-corrected chi connectivity index (χ0v) is 21.1. The largest absolute Gasteiger partial charge is 0.492 e. The number of nitrogens with zero attached hydrogens (tertiary/aromatic N) is 2. The normalized spacial score (nSPS) is 20.1. The number of amides is 3. The van der Waals surface area contributed by atoms with Crippen molar-refractivity contribution in [1.29, 1.82) is 5.26 Å². The highest BCUT2D eigenvalue weighted by molar-refractivity contribution is 6.31. The Kier molecular flexibility index (Phi) is 5.93. The molecule has 0 spiro atoms. The molecule has 8 nitrogen and oxygen atoms in total. The Morgan fingerprint density at radius 2 is 1.90 bits per heavy atom. The molecule has 3 N–H and O–H groups in total. The smallest absolute Gasteiger partial charge is 0.326 e. The van der Waals surface area contributed by atoms with E-state index in [4.69, 9.17) is 16.3 Å². The number of rotatable bonds is 5. The van der Waals surface area contributed by atoms with Crippen molar-refractivity contribution < 1.29 is 28.2 Å². The average molecular weight is 551 g/mol. The lowest BCUT2D eigenvalue weighted by Crippen LogP contribution is -2.34. The zero-order chi connectivity index (χ0) is 27.5. The maximum atomic E-state index is 14.2. The second-order valence-electron chi connectivity index (χ2n) is 9.94. The molecule has 0 aromatic heterocycles. The van der Waals surface area contributed by atoms with Crippen LogP contribution in [0.15, 0.2) is 48.5 Å². The summed E-state index contributed by atoms with van der Waals surface area (Å²) in [5.41, 5.74) is 1.09. The molecule has 1 saturated carbocycles. The molecule has 39 heavy (non-hydrogen) atoms. The Morgan fingerprint density at radius 3 is 2.62 bits per heavy atom. The van der Waals surface area contributed by atoms with E-state index in [0.717, 1.165) is 0 Å². The number of ether oxygens (including phenoxy) is 1. The van der Waals surface area contributed by atoms with Gasteiger partial charge in [-0.2, -0.15) is 5.26 Å². The number of nitriles is 1. The van der Waals surface area contributed by atoms with Gasteiger partial charge in [0.05, 0.1) is 47.1 Å². The summed E-state index contributed by atoms with van der Waals surface area (Å²) in [5.74, 6) is -1.31. The van der Waals surface area contributed by atoms with Gasteiger partial charge < -0.3 is 20.5 Å². The fourth-order valence-corrected chi connectivity index (χ4v) is 5.23. The molecule has 2 heterocycles. The van der Waals surface area contributed by atoms with E-state index in [1.165, 1.54) is 53.4 Å². The number of carbonyl (C=O) groups excluding carboxylic acids is 2. The fraction of sp³-hybridized carbons (Fsp3) is 0.250. The van der Waals surface area contributed by atoms with Crippen LogP contribution in [0.2, 0.25) is 5.02 Å². The predicted octanol–water partition coefficient (Wildman–Crippen LogP) is 5.22. The summed E-state index contributed by atoms with van der Waals surface area (Å²) in [5, 5.41) is 25.6. The maximum absolute atomic E-state index is 14.2. The van der Waals surface area contributed by atoms with E-state index in [9.17, 15) is 28.7 Å². The first-order valence-electron chi connectivity index (χ1n) is 12.2. The first kappa shape index (κ1) is 25.1. The third-order valence-corrected chi connectivity index (χ3v) is 7.66. The van der Waals surface area contributed by atoms with Crippen molar-refractivity contribution >= 4 is 34.9 Å². The lowest BCUT2D eigenvalue weighted by molar-refractivity contribution is 0.0960. The second-order valence-corrected chi connectivity index (χ2v) is 10.4. The molecule has 2 aliphatic heterocycles. The molecule has 3 amide bonds. The molecule has 0 radical (unpaired) electrons. The van der Waals surface area contributed by atoms with Crippen molar-refractivity contribution in [2.24, 2.45) is 5.41 Å². The van der Waals surface area contributed by atoms with Gasteiger partial charge in [0.1, 0.15) is 24.0 Å². The number of hydrogen-bond acceptors (Lipinski definition) is 5. The van der Waals surface area contributed by atoms with Crippen molar-refractivity contribution in [3.8, 4) is 11.8 Å². The molecule has 6 rings (SSSR count). The van der Waals surface area contributed by atoms with Gasteiger partial charge in [0.25, 0.3) is 5.91 Å². The van der Waals surface area contributed by atoms with Gasteiger partial charge in [-0.25, -0.2) is 13.6 Å². The predicted molar refractivity (Wildman–Crippen MR) is 138 cm³/mol. The summed E-state index contributed by atoms with van der Waals surface area (Å²) in [6.45, 7) is 0.0116. The molecule has 11 heteroatoms. The number of aliphatic hydroxyl groups is 1. The van der Waals surface area contributed by atoms with Crippen LogP contribution in [0.5, 0.6) is 5.75 Å². The summed E-state index contributed by atoms with van der Waals surface area (Å²) >= 11 is 6.36. The first-order valence-corrected chi connectivity index (χ1v) is 12.6. The molecular formula is C28H21ClF2N4O4. The van der Waals surface area contributed by atoms with Crippen LogP contribution in [0.1, 0.15) is 52.0 Å². The molecule has 0 saturated heterocycles. The molecular weight excluding hydrogens is 530 g/mol. The van der Waals surface area contributed by atoms with E-state index in [0.29, 0.717) is 29.7 Å². The number of aliphatic hydroxyl groups excluding tert-OH is 1. The second kappa shape index (κ2) is 9.22. The van der Waals surface area contributed by atoms with Crippen molar-refractivity contribution in [2.75, 3.05) is 23.4 Å². The summed E-state index contributed by atoms with van der Waals surface area (Å²) in [7, 11) is 0. The number of carbonyl (C=O) groups is 2. The van der Waals surface area contributed by atoms with Crippen LogP contribution in [-0.2, 0) is 0 Å². The van der Waals surface area contributed by atoms with Crippen LogP contribution in [-0.4, -0.2) is 30.2 Å². The summed E-state index contributed by atoms with van der Waals surface area (Å²) < 4.78 is 33.8. The van der Waals surface area contributed by atoms with Gasteiger partial charge in [-0.05, 0) is 55.3 Å². The minimum Gasteiger partial charge on any atom is -0.492 e. The molecule has 3 aromatic carbocycles. The van der Waals surface area contributed by atoms with E-state index in [-0.39, 0.29) is 40.7 Å². The van der Waals surface area contributed by atoms with Gasteiger partial charge in [0.2, 0.25) is 0 Å². The van der Waals surface area contributed by atoms with E-state index in [2.05, 4.69) is 16.7 Å². The fourth-order valence-electron chi connectivity index (χ4n) is 5.01. The Bertz CT molecular complexity index is 1590. The average Bonchev–Trinajstić information content (AvgIpc) is 3.53. The lowest BCUT2D eigenvalue weighted by Gasteiger charge is -2.22. The summed E-state index contributed by atoms with van der Waals surface area (Å²) in [4.78, 5) is 27.8. The summed E-state index contributed by atoms with van der Waals surface area (Å²) in [6.07, 6.45) is 0.330. The van der Waals surface area contributed by atoms with E-state index in [1.54, 1.807) is 0 Å². The van der Waals surface area contributed by atoms with Crippen LogP contribution in [0.25, 0.3) is 0 Å². The number of benzene rings is 3. The zero-order valence-electron chi connectivity index (χ0n) is 20.3. The molecule has 3 aliphatic rings. The Labute approximate surface area is 226 Å². The van der Waals surface area contributed by atoms with Gasteiger partial charge in [0, 0.05) is 27.8 Å². The third-order valence-electron chi connectivity index (χ3n) is 7.32. The van der Waals surface area contributed by atoms with E-state index < -0.39 is 41.1 Å². The Balaban J connectivity index is 1.40. The van der Waals surface area contributed by atoms with E-state index in [1.807, 2.05) is 0 Å². The van der Waals surface area contributed by atoms with Gasteiger partial charge in [-0.1, -0.05) is 11.6 Å². The molecule has 2 atom stereocenters. The maximum Gasteiger partial charge on any atom is 0.326 e. The van der Waals surface area contributed by atoms with Crippen LogP contribution in [0, 0.1) is 28.4 Å². The van der Waals surface area contributed by atoms with Crippen LogP contribution in [0.4, 0.5) is 25.0 Å². The Morgan fingerprint density at radius 1 is 1.18 bits per heavy atom. The van der Waals surface area contributed by atoms with Crippen molar-refractivity contribution in [1.82, 2.24) is 5.32 Å². The van der Waals surface area contributed by atoms with Crippen LogP contribution < -0.4 is 20.3 Å². The minimum absolute atomic E-state index is 0.107. The van der Waals surface area contributed by atoms with Crippen LogP contribution >= 0.6 is 11.6 Å². The number of β-amino-alcohol motifs (C(OH)–C–C–N with tert-alkyl or cyclic N) is 1. The molecule has 1 aliphatic carbocycles. The molecule has 0 bridgehead atoms. The van der Waals surface area contributed by atoms with E-state index >= 15 is 0 Å². The first-order chi connectivity index (χ1) is 18.7. The molecule has 1 fully saturated rings. The number of nitrogens with one attached hydrogen (secondary N) is 2. The number of hydrogen-bond donors (Lipinski definition) is 3. The third kappa shape index (κ3) is 4.43. The molecule has 3 aromatic rings.